The van der Waals surface area contributed by atoms with Crippen molar-refractivity contribution in [3.8, 4) is 5.75 Å². The lowest BCUT2D eigenvalue weighted by Gasteiger charge is -2.27. The summed E-state index contributed by atoms with van der Waals surface area (Å²) < 4.78 is 5.89. The first-order valence-corrected chi connectivity index (χ1v) is 12.7. The van der Waals surface area contributed by atoms with Crippen molar-refractivity contribution in [3.63, 3.8) is 0 Å². The first-order valence-electron chi connectivity index (χ1n) is 11.9. The van der Waals surface area contributed by atoms with Gasteiger partial charge in [0.1, 0.15) is 5.75 Å². The number of rotatable bonds is 9. The molecule has 2 amide bonds. The molecule has 0 unspecified atom stereocenters. The normalized spacial score (nSPS) is 17.6. The van der Waals surface area contributed by atoms with Gasteiger partial charge in [-0.05, 0) is 66.6 Å². The summed E-state index contributed by atoms with van der Waals surface area (Å²) in [6, 6.07) is 19.5. The largest absolute Gasteiger partial charge is 0.497 e. The number of hydrogen-bond acceptors (Lipinski definition) is 5. The van der Waals surface area contributed by atoms with E-state index in [1.165, 1.54) is 0 Å². The van der Waals surface area contributed by atoms with Gasteiger partial charge in [0.05, 0.1) is 19.3 Å². The quantitative estimate of drug-likeness (QED) is 0.317. The molecular weight excluding hydrogens is 536 g/mol. The molecule has 0 aromatic heterocycles. The Hall–Kier alpha value is -3.46. The molecule has 1 heterocycles. The van der Waals surface area contributed by atoms with Crippen LogP contribution in [0.4, 0.5) is 11.4 Å². The molecule has 3 aromatic carbocycles. The Morgan fingerprint density at radius 1 is 1.14 bits per heavy atom. The maximum Gasteiger partial charge on any atom is 0.264 e. The van der Waals surface area contributed by atoms with Crippen LogP contribution in [-0.4, -0.2) is 35.7 Å². The lowest BCUT2D eigenvalue weighted by Crippen LogP contribution is -2.44. The second-order valence-corrected chi connectivity index (χ2v) is 9.84. The van der Waals surface area contributed by atoms with Crippen molar-refractivity contribution in [1.82, 2.24) is 0 Å². The van der Waals surface area contributed by atoms with Gasteiger partial charge in [-0.3, -0.25) is 9.59 Å². The van der Waals surface area contributed by atoms with E-state index >= 15 is 0 Å². The van der Waals surface area contributed by atoms with Crippen molar-refractivity contribution in [3.05, 3.63) is 100 Å². The summed E-state index contributed by atoms with van der Waals surface area (Å²) in [5.41, 5.74) is 1.44. The number of anilines is 2. The third-order valence-electron chi connectivity index (χ3n) is 6.52. The van der Waals surface area contributed by atoms with Crippen molar-refractivity contribution < 1.29 is 24.5 Å². The van der Waals surface area contributed by atoms with Gasteiger partial charge in [0.2, 0.25) is 0 Å². The molecule has 0 aliphatic carbocycles. The maximum absolute atomic E-state index is 13.6. The summed E-state index contributed by atoms with van der Waals surface area (Å²) in [7, 11) is 1.57. The third-order valence-corrected chi connectivity index (χ3v) is 7.01. The fraction of sp³-hybridized carbons (Fsp3) is 0.241. The summed E-state index contributed by atoms with van der Waals surface area (Å²) in [4.78, 5) is 27.7. The molecule has 0 bridgehead atoms. The zero-order valence-corrected chi connectivity index (χ0v) is 22.2. The summed E-state index contributed by atoms with van der Waals surface area (Å²) >= 11 is 3.46. The molecule has 8 heteroatoms. The number of nitrogens with one attached hydrogen (secondary N) is 1. The zero-order valence-electron chi connectivity index (χ0n) is 20.6. The van der Waals surface area contributed by atoms with Gasteiger partial charge < -0.3 is 25.2 Å². The van der Waals surface area contributed by atoms with Crippen LogP contribution in [0.5, 0.6) is 5.75 Å². The van der Waals surface area contributed by atoms with Crippen molar-refractivity contribution in [2.24, 2.45) is 5.92 Å². The Bertz CT molecular complexity index is 1310. The van der Waals surface area contributed by atoms with Crippen LogP contribution in [0.15, 0.2) is 83.4 Å². The molecule has 0 fully saturated rings. The smallest absolute Gasteiger partial charge is 0.264 e. The summed E-state index contributed by atoms with van der Waals surface area (Å²) in [6.07, 6.45) is 3.99. The Morgan fingerprint density at radius 3 is 2.49 bits per heavy atom. The number of aliphatic hydroxyl groups is 2. The Morgan fingerprint density at radius 2 is 1.84 bits per heavy atom. The van der Waals surface area contributed by atoms with E-state index < -0.39 is 17.4 Å². The number of aliphatic hydroxyl groups excluding tert-OH is 1. The standard InChI is InChI=1S/C29H29BrN2O5/c1-19(5-3-4-16-33)29(36)25-17-22(30)10-15-26(25)32(28(29)35)18-20-6-11-23(12-7-20)31-27(34)21-8-13-24(37-2)14-9-21/h3,5-15,17,19,33,36H,4,16,18H2,1-2H3,(H,31,34)/b5-3+/t19-,29+/m1/s1. The van der Waals surface area contributed by atoms with E-state index in [2.05, 4.69) is 21.2 Å². The topological polar surface area (TPSA) is 99.1 Å². The number of amides is 2. The molecule has 37 heavy (non-hydrogen) atoms. The number of benzene rings is 3. The number of carbonyl (C=O) groups is 2. The fourth-order valence-electron chi connectivity index (χ4n) is 4.41. The van der Waals surface area contributed by atoms with Crippen molar-refractivity contribution in [2.45, 2.75) is 25.5 Å². The highest BCUT2D eigenvalue weighted by atomic mass is 79.9. The SMILES string of the molecule is COc1ccc(C(=O)Nc2ccc(CN3C(=O)[C@](O)([C@H](C)/C=C/CCO)c4cc(Br)ccc43)cc2)cc1. The average molecular weight is 565 g/mol. The average Bonchev–Trinajstić information content (AvgIpc) is 3.12. The van der Waals surface area contributed by atoms with Gasteiger partial charge in [0.15, 0.2) is 5.60 Å². The number of ether oxygens (including phenoxy) is 1. The highest BCUT2D eigenvalue weighted by Gasteiger charge is 2.52. The minimum Gasteiger partial charge on any atom is -0.497 e. The molecule has 192 valence electrons. The molecule has 4 rings (SSSR count). The Kier molecular flexibility index (Phi) is 8.12. The van der Waals surface area contributed by atoms with E-state index in [1.54, 1.807) is 73.6 Å². The zero-order chi connectivity index (χ0) is 26.6. The van der Waals surface area contributed by atoms with Gasteiger partial charge in [-0.15, -0.1) is 0 Å². The minimum absolute atomic E-state index is 0.000398. The molecule has 7 nitrogen and oxygen atoms in total. The number of hydrogen-bond donors (Lipinski definition) is 3. The minimum atomic E-state index is -1.72. The van der Waals surface area contributed by atoms with Crippen LogP contribution in [0.25, 0.3) is 0 Å². The van der Waals surface area contributed by atoms with Gasteiger partial charge in [0, 0.05) is 33.8 Å². The van der Waals surface area contributed by atoms with E-state index in [0.29, 0.717) is 34.7 Å². The molecule has 0 spiro atoms. The molecule has 3 N–H and O–H groups in total. The molecule has 0 radical (unpaired) electrons. The molecule has 0 saturated carbocycles. The van der Waals surface area contributed by atoms with E-state index in [0.717, 1.165) is 10.0 Å². The van der Waals surface area contributed by atoms with Crippen LogP contribution in [0.1, 0.15) is 34.8 Å². The van der Waals surface area contributed by atoms with Gasteiger partial charge in [-0.25, -0.2) is 0 Å². The molecule has 0 saturated heterocycles. The van der Waals surface area contributed by atoms with Gasteiger partial charge in [-0.2, -0.15) is 0 Å². The summed E-state index contributed by atoms with van der Waals surface area (Å²) in [5, 5.41) is 23.6. The third kappa shape index (κ3) is 5.46. The predicted octanol–water partition coefficient (Wildman–Crippen LogP) is 5.02. The van der Waals surface area contributed by atoms with Crippen LogP contribution in [0.2, 0.25) is 0 Å². The molecule has 3 aromatic rings. The highest BCUT2D eigenvalue weighted by molar-refractivity contribution is 9.10. The van der Waals surface area contributed by atoms with E-state index in [9.17, 15) is 14.7 Å². The van der Waals surface area contributed by atoms with Crippen LogP contribution in [0.3, 0.4) is 0 Å². The van der Waals surface area contributed by atoms with Gasteiger partial charge in [-0.1, -0.05) is 47.1 Å². The first-order chi connectivity index (χ1) is 17.8. The van der Waals surface area contributed by atoms with Crippen LogP contribution >= 0.6 is 15.9 Å². The number of carbonyl (C=O) groups excluding carboxylic acids is 2. The van der Waals surface area contributed by atoms with Gasteiger partial charge in [0.25, 0.3) is 11.8 Å². The molecule has 1 aliphatic heterocycles. The van der Waals surface area contributed by atoms with Crippen molar-refractivity contribution >= 4 is 39.1 Å². The molecule has 2 atom stereocenters. The summed E-state index contributed by atoms with van der Waals surface area (Å²) in [6.45, 7) is 2.05. The predicted molar refractivity (Wildman–Crippen MR) is 147 cm³/mol. The van der Waals surface area contributed by atoms with Crippen LogP contribution in [0, 0.1) is 5.92 Å². The second-order valence-electron chi connectivity index (χ2n) is 8.93. The van der Waals surface area contributed by atoms with Crippen molar-refractivity contribution in [1.29, 1.82) is 0 Å². The lowest BCUT2D eigenvalue weighted by molar-refractivity contribution is -0.139. The fourth-order valence-corrected chi connectivity index (χ4v) is 4.77. The number of methoxy groups -OCH3 is 1. The second kappa shape index (κ2) is 11.3. The number of nitrogens with zero attached hydrogens (tertiary/aromatic N) is 1. The highest BCUT2D eigenvalue weighted by Crippen LogP contribution is 2.46. The Balaban J connectivity index is 1.52. The molecule has 1 aliphatic rings. The first kappa shape index (κ1) is 26.6. The maximum atomic E-state index is 13.6. The number of halogens is 1. The van der Waals surface area contributed by atoms with E-state index in [-0.39, 0.29) is 19.1 Å². The van der Waals surface area contributed by atoms with Crippen molar-refractivity contribution in [2.75, 3.05) is 23.9 Å². The monoisotopic (exact) mass is 564 g/mol. The number of fused-ring (bicyclic) bond motifs is 1. The van der Waals surface area contributed by atoms with E-state index in [1.807, 2.05) is 24.3 Å². The van der Waals surface area contributed by atoms with Gasteiger partial charge >= 0.3 is 0 Å². The van der Waals surface area contributed by atoms with Crippen LogP contribution in [-0.2, 0) is 16.9 Å². The van der Waals surface area contributed by atoms with E-state index in [4.69, 9.17) is 9.84 Å². The molecular formula is C29H29BrN2O5. The van der Waals surface area contributed by atoms with Crippen LogP contribution < -0.4 is 15.0 Å². The summed E-state index contributed by atoms with van der Waals surface area (Å²) in [5.74, 6) is -0.467. The lowest BCUT2D eigenvalue weighted by atomic mass is 9.83. The Labute approximate surface area is 224 Å².